The third-order valence-corrected chi connectivity index (χ3v) is 5.49. The van der Waals surface area contributed by atoms with Crippen molar-refractivity contribution in [3.8, 4) is 11.5 Å². The lowest BCUT2D eigenvalue weighted by Crippen LogP contribution is -2.27. The van der Waals surface area contributed by atoms with Crippen LogP contribution in [0.2, 0.25) is 0 Å². The molecule has 8 nitrogen and oxygen atoms in total. The minimum atomic E-state index is -0.380. The first-order valence-electron chi connectivity index (χ1n) is 9.22. The first-order chi connectivity index (χ1) is 14.5. The summed E-state index contributed by atoms with van der Waals surface area (Å²) in [6, 6.07) is 12.2. The van der Waals surface area contributed by atoms with E-state index >= 15 is 0 Å². The Morgan fingerprint density at radius 1 is 1.13 bits per heavy atom. The molecule has 0 saturated carbocycles. The van der Waals surface area contributed by atoms with Gasteiger partial charge >= 0.3 is 4.87 Å². The minimum Gasteiger partial charge on any atom is -0.454 e. The molecule has 0 saturated heterocycles. The van der Waals surface area contributed by atoms with Crippen LogP contribution in [0, 0.1) is 6.92 Å². The largest absolute Gasteiger partial charge is 0.454 e. The maximum absolute atomic E-state index is 12.7. The zero-order valence-corrected chi connectivity index (χ0v) is 17.0. The average molecular weight is 425 g/mol. The quantitative estimate of drug-likeness (QED) is 0.632. The van der Waals surface area contributed by atoms with Gasteiger partial charge in [0.05, 0.1) is 11.3 Å². The molecule has 2 N–H and O–H groups in total. The van der Waals surface area contributed by atoms with Crippen LogP contribution >= 0.6 is 11.3 Å². The number of ether oxygens (including phenoxy) is 2. The maximum atomic E-state index is 12.7. The molecular formula is C21H19N3O5S. The molecule has 1 aliphatic rings. The van der Waals surface area contributed by atoms with Gasteiger partial charge in [-0.1, -0.05) is 29.5 Å². The summed E-state index contributed by atoms with van der Waals surface area (Å²) in [5.74, 6) is 0.619. The summed E-state index contributed by atoms with van der Waals surface area (Å²) in [6.07, 6.45) is 0. The zero-order chi connectivity index (χ0) is 21.1. The van der Waals surface area contributed by atoms with E-state index in [1.807, 2.05) is 12.1 Å². The number of carbonyl (C=O) groups excluding carboxylic acids is 2. The molecule has 1 aromatic heterocycles. The number of fused-ring (bicyclic) bond motifs is 1. The van der Waals surface area contributed by atoms with Crippen molar-refractivity contribution in [2.75, 3.05) is 12.1 Å². The Balaban J connectivity index is 1.42. The van der Waals surface area contributed by atoms with E-state index in [0.717, 1.165) is 22.6 Å². The van der Waals surface area contributed by atoms with Gasteiger partial charge in [0.15, 0.2) is 11.5 Å². The topological polar surface area (TPSA) is 98.7 Å². The van der Waals surface area contributed by atoms with Crippen LogP contribution in [0.15, 0.2) is 52.6 Å². The predicted molar refractivity (Wildman–Crippen MR) is 112 cm³/mol. The number of rotatable bonds is 6. The van der Waals surface area contributed by atoms with Crippen LogP contribution in [0.1, 0.15) is 21.6 Å². The Morgan fingerprint density at radius 2 is 1.93 bits per heavy atom. The molecule has 0 unspecified atom stereocenters. The molecule has 4 rings (SSSR count). The van der Waals surface area contributed by atoms with Crippen LogP contribution in [-0.2, 0) is 17.9 Å². The first-order valence-corrected chi connectivity index (χ1v) is 10.1. The van der Waals surface area contributed by atoms with Gasteiger partial charge in [-0.3, -0.25) is 19.0 Å². The highest BCUT2D eigenvalue weighted by Crippen LogP contribution is 2.32. The van der Waals surface area contributed by atoms with E-state index in [-0.39, 0.29) is 30.0 Å². The third kappa shape index (κ3) is 4.20. The van der Waals surface area contributed by atoms with E-state index in [9.17, 15) is 14.4 Å². The van der Waals surface area contributed by atoms with Crippen LogP contribution in [-0.4, -0.2) is 23.2 Å². The second-order valence-electron chi connectivity index (χ2n) is 6.69. The van der Waals surface area contributed by atoms with Crippen molar-refractivity contribution in [1.82, 2.24) is 9.88 Å². The second-order valence-corrected chi connectivity index (χ2v) is 7.51. The number of thiazole rings is 1. The molecule has 0 aliphatic carbocycles. The molecule has 0 bridgehead atoms. The Kier molecular flexibility index (Phi) is 5.53. The Bertz CT molecular complexity index is 1170. The first kappa shape index (κ1) is 19.7. The lowest BCUT2D eigenvalue weighted by atomic mass is 10.1. The number of amides is 2. The van der Waals surface area contributed by atoms with Gasteiger partial charge in [0.2, 0.25) is 12.7 Å². The van der Waals surface area contributed by atoms with Gasteiger partial charge in [0, 0.05) is 17.6 Å². The lowest BCUT2D eigenvalue weighted by molar-refractivity contribution is -0.116. The van der Waals surface area contributed by atoms with E-state index in [0.29, 0.717) is 29.3 Å². The predicted octanol–water partition coefficient (Wildman–Crippen LogP) is 2.52. The van der Waals surface area contributed by atoms with E-state index in [2.05, 4.69) is 10.6 Å². The summed E-state index contributed by atoms with van der Waals surface area (Å²) < 4.78 is 12.0. The van der Waals surface area contributed by atoms with Crippen LogP contribution in [0.5, 0.6) is 11.5 Å². The Labute approximate surface area is 176 Å². The van der Waals surface area contributed by atoms with Gasteiger partial charge < -0.3 is 20.1 Å². The standard InChI is InChI=1S/C21H19N3O5S/c1-13-11-30-21(27)24(13)10-19(25)23-16-5-3-2-4-15(16)20(26)22-9-14-6-7-17-18(8-14)29-12-28-17/h2-8,11H,9-10,12H2,1H3,(H,22,26)(H,23,25). The summed E-state index contributed by atoms with van der Waals surface area (Å²) in [5, 5.41) is 7.27. The maximum Gasteiger partial charge on any atom is 0.307 e. The molecule has 2 amide bonds. The van der Waals surface area contributed by atoms with Gasteiger partial charge in [0.1, 0.15) is 6.54 Å². The summed E-state index contributed by atoms with van der Waals surface area (Å²) in [6.45, 7) is 2.14. The fourth-order valence-electron chi connectivity index (χ4n) is 3.05. The fraction of sp³-hybridized carbons (Fsp3) is 0.190. The van der Waals surface area contributed by atoms with Crippen LogP contribution < -0.4 is 25.0 Å². The second kappa shape index (κ2) is 8.42. The highest BCUT2D eigenvalue weighted by atomic mass is 32.1. The number of hydrogen-bond donors (Lipinski definition) is 2. The Morgan fingerprint density at radius 3 is 2.73 bits per heavy atom. The molecule has 0 radical (unpaired) electrons. The highest BCUT2D eigenvalue weighted by Gasteiger charge is 2.16. The van der Waals surface area contributed by atoms with E-state index in [1.54, 1.807) is 42.6 Å². The van der Waals surface area contributed by atoms with Gasteiger partial charge in [-0.15, -0.1) is 0 Å². The highest BCUT2D eigenvalue weighted by molar-refractivity contribution is 7.07. The normalized spacial score (nSPS) is 11.9. The zero-order valence-electron chi connectivity index (χ0n) is 16.1. The monoisotopic (exact) mass is 425 g/mol. The van der Waals surface area contributed by atoms with Crippen molar-refractivity contribution in [2.45, 2.75) is 20.0 Å². The van der Waals surface area contributed by atoms with E-state index < -0.39 is 0 Å². The molecule has 0 spiro atoms. The molecule has 0 fully saturated rings. The fourth-order valence-corrected chi connectivity index (χ4v) is 3.78. The Hall–Kier alpha value is -3.59. The molecule has 2 aromatic carbocycles. The number of carbonyl (C=O) groups is 2. The van der Waals surface area contributed by atoms with Crippen LogP contribution in [0.4, 0.5) is 5.69 Å². The van der Waals surface area contributed by atoms with Crippen molar-refractivity contribution in [3.05, 3.63) is 74.3 Å². The molecule has 1 aliphatic heterocycles. The lowest BCUT2D eigenvalue weighted by Gasteiger charge is -2.12. The van der Waals surface area contributed by atoms with Crippen molar-refractivity contribution >= 4 is 28.8 Å². The van der Waals surface area contributed by atoms with Crippen molar-refractivity contribution in [1.29, 1.82) is 0 Å². The summed E-state index contributed by atoms with van der Waals surface area (Å²) in [4.78, 5) is 36.7. The molecule has 30 heavy (non-hydrogen) atoms. The number of nitrogens with one attached hydrogen (secondary N) is 2. The third-order valence-electron chi connectivity index (χ3n) is 4.61. The van der Waals surface area contributed by atoms with E-state index in [4.69, 9.17) is 9.47 Å². The number of nitrogens with zero attached hydrogens (tertiary/aromatic N) is 1. The molecule has 9 heteroatoms. The number of hydrogen-bond acceptors (Lipinski definition) is 6. The number of benzene rings is 2. The van der Waals surface area contributed by atoms with Gasteiger partial charge in [0.25, 0.3) is 5.91 Å². The van der Waals surface area contributed by atoms with Crippen LogP contribution in [0.3, 0.4) is 0 Å². The number of anilines is 1. The SMILES string of the molecule is Cc1csc(=O)n1CC(=O)Nc1ccccc1C(=O)NCc1ccc2c(c1)OCO2. The molecular weight excluding hydrogens is 406 g/mol. The number of aryl methyl sites for hydroxylation is 1. The summed E-state index contributed by atoms with van der Waals surface area (Å²) >= 11 is 1.05. The average Bonchev–Trinajstić information content (AvgIpc) is 3.33. The van der Waals surface area contributed by atoms with Crippen molar-refractivity contribution in [2.24, 2.45) is 0 Å². The van der Waals surface area contributed by atoms with E-state index in [1.165, 1.54) is 4.57 Å². The molecule has 3 aromatic rings. The van der Waals surface area contributed by atoms with Gasteiger partial charge in [-0.05, 0) is 36.8 Å². The summed E-state index contributed by atoms with van der Waals surface area (Å²) in [5.41, 5.74) is 2.30. The molecule has 2 heterocycles. The number of aromatic nitrogens is 1. The smallest absolute Gasteiger partial charge is 0.307 e. The number of para-hydroxylation sites is 1. The van der Waals surface area contributed by atoms with Gasteiger partial charge in [-0.25, -0.2) is 0 Å². The molecule has 154 valence electrons. The minimum absolute atomic E-state index is 0.110. The summed E-state index contributed by atoms with van der Waals surface area (Å²) in [7, 11) is 0. The van der Waals surface area contributed by atoms with Gasteiger partial charge in [-0.2, -0.15) is 0 Å². The van der Waals surface area contributed by atoms with Crippen molar-refractivity contribution < 1.29 is 19.1 Å². The van der Waals surface area contributed by atoms with Crippen LogP contribution in [0.25, 0.3) is 0 Å². The van der Waals surface area contributed by atoms with Crippen molar-refractivity contribution in [3.63, 3.8) is 0 Å². The molecule has 0 atom stereocenters.